The summed E-state index contributed by atoms with van der Waals surface area (Å²) in [5.74, 6) is -0.929. The van der Waals surface area contributed by atoms with E-state index in [-0.39, 0.29) is 6.54 Å². The Labute approximate surface area is 169 Å². The molecule has 148 valence electrons. The van der Waals surface area contributed by atoms with Gasteiger partial charge in [-0.15, -0.1) is 0 Å². The average molecular weight is 429 g/mol. The number of benzene rings is 2. The third-order valence-corrected chi connectivity index (χ3v) is 5.17. The fourth-order valence-corrected chi connectivity index (χ4v) is 4.13. The van der Waals surface area contributed by atoms with Crippen LogP contribution in [-0.4, -0.2) is 35.7 Å². The number of piperazine rings is 1. The van der Waals surface area contributed by atoms with Gasteiger partial charge in [-0.2, -0.15) is 13.2 Å². The summed E-state index contributed by atoms with van der Waals surface area (Å²) in [6, 6.07) is 10.0. The molecule has 1 N–H and O–H groups in total. The number of alkyl halides is 3. The standard InChI is InChI=1S/C19H17Cl2F3N4/c20-13-8-12(9-14(21)10-13)11-28-16-3-1-2-15(27-6-4-25-5-7-27)17(16)26-18(28)19(22,23)24/h1-3,8-10,25H,4-7,11H2. The Bertz CT molecular complexity index is 990. The molecule has 0 radical (unpaired) electrons. The maximum Gasteiger partial charge on any atom is 0.449 e. The Balaban J connectivity index is 1.86. The van der Waals surface area contributed by atoms with Crippen molar-refractivity contribution in [2.75, 3.05) is 31.1 Å². The van der Waals surface area contributed by atoms with Gasteiger partial charge in [-0.05, 0) is 35.9 Å². The van der Waals surface area contributed by atoms with Crippen molar-refractivity contribution in [2.45, 2.75) is 12.7 Å². The van der Waals surface area contributed by atoms with E-state index in [0.717, 1.165) is 26.2 Å². The number of para-hydroxylation sites is 1. The summed E-state index contributed by atoms with van der Waals surface area (Å²) in [5, 5.41) is 4.00. The molecular formula is C19H17Cl2F3N4. The van der Waals surface area contributed by atoms with Gasteiger partial charge in [0.1, 0.15) is 5.52 Å². The molecule has 0 spiro atoms. The summed E-state index contributed by atoms with van der Waals surface area (Å²) in [4.78, 5) is 6.07. The second-order valence-corrected chi connectivity index (χ2v) is 7.55. The van der Waals surface area contributed by atoms with E-state index in [9.17, 15) is 13.2 Å². The summed E-state index contributed by atoms with van der Waals surface area (Å²) >= 11 is 12.0. The molecule has 0 atom stereocenters. The number of hydrogen-bond acceptors (Lipinski definition) is 3. The number of fused-ring (bicyclic) bond motifs is 1. The maximum absolute atomic E-state index is 13.8. The van der Waals surface area contributed by atoms with Crippen molar-refractivity contribution in [1.29, 1.82) is 0 Å². The highest BCUT2D eigenvalue weighted by molar-refractivity contribution is 6.34. The molecule has 2 heterocycles. The smallest absolute Gasteiger partial charge is 0.367 e. The fraction of sp³-hybridized carbons (Fsp3) is 0.316. The van der Waals surface area contributed by atoms with Gasteiger partial charge in [0.15, 0.2) is 0 Å². The Morgan fingerprint density at radius 1 is 1.04 bits per heavy atom. The van der Waals surface area contributed by atoms with Crippen molar-refractivity contribution in [2.24, 2.45) is 0 Å². The molecule has 1 aliphatic heterocycles. The minimum atomic E-state index is -4.58. The minimum Gasteiger partial charge on any atom is -0.367 e. The van der Waals surface area contributed by atoms with Crippen LogP contribution in [-0.2, 0) is 12.7 Å². The van der Waals surface area contributed by atoms with E-state index < -0.39 is 12.0 Å². The number of nitrogens with zero attached hydrogens (tertiary/aromatic N) is 3. The first-order valence-electron chi connectivity index (χ1n) is 8.80. The molecule has 28 heavy (non-hydrogen) atoms. The number of nitrogens with one attached hydrogen (secondary N) is 1. The van der Waals surface area contributed by atoms with Crippen LogP contribution < -0.4 is 10.2 Å². The number of hydrogen-bond donors (Lipinski definition) is 1. The van der Waals surface area contributed by atoms with E-state index in [2.05, 4.69) is 15.2 Å². The first kappa shape index (κ1) is 19.4. The predicted octanol–water partition coefficient (Wildman–Crippen LogP) is 4.82. The number of anilines is 1. The molecule has 3 aromatic rings. The van der Waals surface area contributed by atoms with Gasteiger partial charge in [0.25, 0.3) is 0 Å². The van der Waals surface area contributed by atoms with E-state index in [4.69, 9.17) is 23.2 Å². The van der Waals surface area contributed by atoms with Crippen molar-refractivity contribution in [1.82, 2.24) is 14.9 Å². The second kappa shape index (κ2) is 7.46. The molecule has 9 heteroatoms. The molecule has 2 aromatic carbocycles. The Hall–Kier alpha value is -1.96. The van der Waals surface area contributed by atoms with Crippen molar-refractivity contribution in [3.8, 4) is 0 Å². The lowest BCUT2D eigenvalue weighted by Crippen LogP contribution is -2.43. The van der Waals surface area contributed by atoms with Crippen LogP contribution in [0.4, 0.5) is 18.9 Å². The third-order valence-electron chi connectivity index (χ3n) is 4.73. The zero-order valence-corrected chi connectivity index (χ0v) is 16.2. The molecule has 0 amide bonds. The average Bonchev–Trinajstić information content (AvgIpc) is 3.00. The van der Waals surface area contributed by atoms with Crippen LogP contribution in [0.5, 0.6) is 0 Å². The molecule has 0 aliphatic carbocycles. The SMILES string of the molecule is FC(F)(F)c1nc2c(N3CCNCC3)cccc2n1Cc1cc(Cl)cc(Cl)c1. The van der Waals surface area contributed by atoms with Crippen LogP contribution in [0.1, 0.15) is 11.4 Å². The molecular weight excluding hydrogens is 412 g/mol. The van der Waals surface area contributed by atoms with Crippen LogP contribution in [0.25, 0.3) is 11.0 Å². The lowest BCUT2D eigenvalue weighted by atomic mass is 10.2. The van der Waals surface area contributed by atoms with Crippen LogP contribution in [0.15, 0.2) is 36.4 Å². The largest absolute Gasteiger partial charge is 0.449 e. The summed E-state index contributed by atoms with van der Waals surface area (Å²) in [6.45, 7) is 2.97. The topological polar surface area (TPSA) is 33.1 Å². The summed E-state index contributed by atoms with van der Waals surface area (Å²) in [6.07, 6.45) is -4.58. The number of imidazole rings is 1. The number of aromatic nitrogens is 2. The van der Waals surface area contributed by atoms with Gasteiger partial charge in [0, 0.05) is 42.8 Å². The second-order valence-electron chi connectivity index (χ2n) is 6.68. The first-order valence-corrected chi connectivity index (χ1v) is 9.55. The summed E-state index contributed by atoms with van der Waals surface area (Å²) < 4.78 is 42.5. The normalized spacial score (nSPS) is 15.4. The van der Waals surface area contributed by atoms with Crippen molar-refractivity contribution in [3.63, 3.8) is 0 Å². The third kappa shape index (κ3) is 3.79. The fourth-order valence-electron chi connectivity index (χ4n) is 3.55. The first-order chi connectivity index (χ1) is 13.3. The van der Waals surface area contributed by atoms with Crippen LogP contribution in [0.2, 0.25) is 10.0 Å². The summed E-state index contributed by atoms with van der Waals surface area (Å²) in [7, 11) is 0. The van der Waals surface area contributed by atoms with Crippen molar-refractivity contribution >= 4 is 39.9 Å². The van der Waals surface area contributed by atoms with Crippen molar-refractivity contribution < 1.29 is 13.2 Å². The Kier molecular flexibility index (Phi) is 5.16. The van der Waals surface area contributed by atoms with E-state index in [0.29, 0.717) is 32.3 Å². The molecule has 1 aromatic heterocycles. The molecule has 0 bridgehead atoms. The van der Waals surface area contributed by atoms with E-state index in [1.807, 2.05) is 6.07 Å². The molecule has 1 saturated heterocycles. The molecule has 4 nitrogen and oxygen atoms in total. The van der Waals surface area contributed by atoms with Gasteiger partial charge in [0.05, 0.1) is 11.2 Å². The predicted molar refractivity (Wildman–Crippen MR) is 105 cm³/mol. The lowest BCUT2D eigenvalue weighted by molar-refractivity contribution is -0.146. The highest BCUT2D eigenvalue weighted by Gasteiger charge is 2.38. The molecule has 1 fully saturated rings. The highest BCUT2D eigenvalue weighted by atomic mass is 35.5. The minimum absolute atomic E-state index is 0.0311. The van der Waals surface area contributed by atoms with Crippen molar-refractivity contribution in [3.05, 3.63) is 57.8 Å². The summed E-state index contributed by atoms with van der Waals surface area (Å²) in [5.41, 5.74) is 2.08. The molecule has 0 saturated carbocycles. The van der Waals surface area contributed by atoms with Crippen LogP contribution in [0, 0.1) is 0 Å². The molecule has 1 aliphatic rings. The van der Waals surface area contributed by atoms with E-state index in [1.54, 1.807) is 30.3 Å². The van der Waals surface area contributed by atoms with Crippen LogP contribution in [0.3, 0.4) is 0 Å². The lowest BCUT2D eigenvalue weighted by Gasteiger charge is -2.29. The van der Waals surface area contributed by atoms with Gasteiger partial charge in [-0.1, -0.05) is 29.3 Å². The Morgan fingerprint density at radius 3 is 2.36 bits per heavy atom. The van der Waals surface area contributed by atoms with Gasteiger partial charge < -0.3 is 14.8 Å². The Morgan fingerprint density at radius 2 is 1.71 bits per heavy atom. The molecule has 4 rings (SSSR count). The van der Waals surface area contributed by atoms with Gasteiger partial charge in [-0.25, -0.2) is 4.98 Å². The van der Waals surface area contributed by atoms with Gasteiger partial charge in [0.2, 0.25) is 5.82 Å². The zero-order chi connectivity index (χ0) is 19.9. The monoisotopic (exact) mass is 428 g/mol. The number of rotatable bonds is 3. The quantitative estimate of drug-likeness (QED) is 0.648. The van der Waals surface area contributed by atoms with Crippen LogP contribution >= 0.6 is 23.2 Å². The highest BCUT2D eigenvalue weighted by Crippen LogP contribution is 2.35. The van der Waals surface area contributed by atoms with Gasteiger partial charge >= 0.3 is 6.18 Å². The van der Waals surface area contributed by atoms with Gasteiger partial charge in [-0.3, -0.25) is 0 Å². The zero-order valence-electron chi connectivity index (χ0n) is 14.7. The van der Waals surface area contributed by atoms with E-state index >= 15 is 0 Å². The number of halogens is 5. The maximum atomic E-state index is 13.8. The molecule has 0 unspecified atom stereocenters. The van der Waals surface area contributed by atoms with E-state index in [1.165, 1.54) is 4.57 Å².